The topological polar surface area (TPSA) is 76.7 Å². The third-order valence-electron chi connectivity index (χ3n) is 2.51. The van der Waals surface area contributed by atoms with Gasteiger partial charge in [0, 0.05) is 4.90 Å². The van der Waals surface area contributed by atoms with E-state index in [0.717, 1.165) is 4.90 Å². The van der Waals surface area contributed by atoms with E-state index in [1.54, 1.807) is 24.3 Å². The van der Waals surface area contributed by atoms with Gasteiger partial charge < -0.3 is 14.3 Å². The van der Waals surface area contributed by atoms with Crippen LogP contribution in [0.3, 0.4) is 0 Å². The van der Waals surface area contributed by atoms with E-state index < -0.39 is 11.9 Å². The number of furan rings is 1. The number of hydrogen-bond donors (Lipinski definition) is 1. The standard InChI is InChI=1S/C14H12O5S/c1-18-14(17)12-6-5-10(19-12)8-20-11-4-2-3-9(7-11)13(15)16/h2-7H,8H2,1H3,(H,15,16). The van der Waals surface area contributed by atoms with Gasteiger partial charge in [-0.05, 0) is 30.3 Å². The molecule has 20 heavy (non-hydrogen) atoms. The highest BCUT2D eigenvalue weighted by Crippen LogP contribution is 2.24. The molecular formula is C14H12O5S. The summed E-state index contributed by atoms with van der Waals surface area (Å²) in [7, 11) is 1.29. The van der Waals surface area contributed by atoms with Gasteiger partial charge in [-0.15, -0.1) is 11.8 Å². The second-order valence-corrected chi connectivity index (χ2v) is 4.93. The molecule has 0 bridgehead atoms. The summed E-state index contributed by atoms with van der Waals surface area (Å²) < 4.78 is 9.87. The fourth-order valence-corrected chi connectivity index (χ4v) is 2.39. The number of aromatic carboxylic acids is 1. The quantitative estimate of drug-likeness (QED) is 0.674. The zero-order valence-electron chi connectivity index (χ0n) is 10.7. The summed E-state index contributed by atoms with van der Waals surface area (Å²) in [5, 5.41) is 8.91. The van der Waals surface area contributed by atoms with Gasteiger partial charge in [-0.2, -0.15) is 0 Å². The van der Waals surface area contributed by atoms with Gasteiger partial charge in [-0.1, -0.05) is 6.07 Å². The van der Waals surface area contributed by atoms with Gasteiger partial charge in [0.05, 0.1) is 18.4 Å². The first-order valence-electron chi connectivity index (χ1n) is 5.73. The molecule has 0 amide bonds. The Morgan fingerprint density at radius 1 is 1.30 bits per heavy atom. The fraction of sp³-hybridized carbons (Fsp3) is 0.143. The molecule has 1 aromatic carbocycles. The smallest absolute Gasteiger partial charge is 0.373 e. The van der Waals surface area contributed by atoms with Gasteiger partial charge in [0.1, 0.15) is 5.76 Å². The summed E-state index contributed by atoms with van der Waals surface area (Å²) in [5.74, 6) is -0.203. The summed E-state index contributed by atoms with van der Waals surface area (Å²) >= 11 is 1.43. The number of benzene rings is 1. The highest BCUT2D eigenvalue weighted by Gasteiger charge is 2.11. The second-order valence-electron chi connectivity index (χ2n) is 3.88. The monoisotopic (exact) mass is 292 g/mol. The Hall–Kier alpha value is -2.21. The predicted octanol–water partition coefficient (Wildman–Crippen LogP) is 3.06. The van der Waals surface area contributed by atoms with Gasteiger partial charge >= 0.3 is 11.9 Å². The molecule has 1 aromatic heterocycles. The van der Waals surface area contributed by atoms with Crippen LogP contribution in [0.2, 0.25) is 0 Å². The van der Waals surface area contributed by atoms with E-state index in [9.17, 15) is 9.59 Å². The van der Waals surface area contributed by atoms with Gasteiger partial charge in [0.15, 0.2) is 0 Å². The molecule has 5 nitrogen and oxygen atoms in total. The van der Waals surface area contributed by atoms with Crippen molar-refractivity contribution in [3.05, 3.63) is 53.5 Å². The highest BCUT2D eigenvalue weighted by atomic mass is 32.2. The first-order chi connectivity index (χ1) is 9.60. The largest absolute Gasteiger partial charge is 0.478 e. The third-order valence-corrected chi connectivity index (χ3v) is 3.53. The first kappa shape index (κ1) is 14.2. The van der Waals surface area contributed by atoms with Gasteiger partial charge in [0.25, 0.3) is 0 Å². The summed E-state index contributed by atoms with van der Waals surface area (Å²) in [6, 6.07) is 9.89. The Morgan fingerprint density at radius 2 is 2.10 bits per heavy atom. The molecule has 0 saturated heterocycles. The lowest BCUT2D eigenvalue weighted by molar-refractivity contribution is 0.0563. The Balaban J connectivity index is 2.01. The van der Waals surface area contributed by atoms with Crippen LogP contribution in [0.4, 0.5) is 0 Å². The molecule has 0 radical (unpaired) electrons. The lowest BCUT2D eigenvalue weighted by Crippen LogP contribution is -1.98. The van der Waals surface area contributed by atoms with Crippen LogP contribution in [-0.4, -0.2) is 24.2 Å². The van der Waals surface area contributed by atoms with Crippen LogP contribution in [-0.2, 0) is 10.5 Å². The molecule has 0 aliphatic carbocycles. The van der Waals surface area contributed by atoms with E-state index in [1.165, 1.54) is 24.9 Å². The number of ether oxygens (including phenoxy) is 1. The molecule has 0 fully saturated rings. The van der Waals surface area contributed by atoms with Crippen molar-refractivity contribution in [2.75, 3.05) is 7.11 Å². The van der Waals surface area contributed by atoms with E-state index in [0.29, 0.717) is 11.5 Å². The lowest BCUT2D eigenvalue weighted by atomic mass is 10.2. The SMILES string of the molecule is COC(=O)c1ccc(CSc2cccc(C(=O)O)c2)o1. The second kappa shape index (κ2) is 6.29. The Labute approximate surface area is 119 Å². The molecular weight excluding hydrogens is 280 g/mol. The minimum absolute atomic E-state index is 0.155. The predicted molar refractivity (Wildman–Crippen MR) is 73.0 cm³/mol. The van der Waals surface area contributed by atoms with E-state index in [4.69, 9.17) is 9.52 Å². The molecule has 0 atom stereocenters. The number of carbonyl (C=O) groups is 2. The Bertz CT molecular complexity index is 632. The molecule has 2 rings (SSSR count). The zero-order chi connectivity index (χ0) is 14.5. The minimum Gasteiger partial charge on any atom is -0.478 e. The van der Waals surface area contributed by atoms with Crippen LogP contribution >= 0.6 is 11.8 Å². The van der Waals surface area contributed by atoms with E-state index in [2.05, 4.69) is 4.74 Å². The summed E-state index contributed by atoms with van der Waals surface area (Å²) in [4.78, 5) is 22.9. The number of carboxylic acids is 1. The van der Waals surface area contributed by atoms with Gasteiger partial charge in [-0.25, -0.2) is 9.59 Å². The number of carboxylic acid groups (broad SMARTS) is 1. The molecule has 104 valence electrons. The van der Waals surface area contributed by atoms with Crippen LogP contribution in [0.1, 0.15) is 26.7 Å². The van der Waals surface area contributed by atoms with Crippen LogP contribution in [0.5, 0.6) is 0 Å². The molecule has 0 saturated carbocycles. The van der Waals surface area contributed by atoms with Crippen LogP contribution in [0.25, 0.3) is 0 Å². The summed E-state index contributed by atoms with van der Waals surface area (Å²) in [6.07, 6.45) is 0. The maximum atomic E-state index is 11.2. The number of thioether (sulfide) groups is 1. The molecule has 0 spiro atoms. The third kappa shape index (κ3) is 3.42. The Morgan fingerprint density at radius 3 is 2.80 bits per heavy atom. The van der Waals surface area contributed by atoms with Crippen molar-refractivity contribution < 1.29 is 23.8 Å². The van der Waals surface area contributed by atoms with Crippen molar-refractivity contribution in [1.29, 1.82) is 0 Å². The number of rotatable bonds is 5. The van der Waals surface area contributed by atoms with Crippen molar-refractivity contribution in [1.82, 2.24) is 0 Å². The fourth-order valence-electron chi connectivity index (χ4n) is 1.54. The van der Waals surface area contributed by atoms with Gasteiger partial charge in [-0.3, -0.25) is 0 Å². The molecule has 0 unspecified atom stereocenters. The highest BCUT2D eigenvalue weighted by molar-refractivity contribution is 7.98. The zero-order valence-corrected chi connectivity index (χ0v) is 11.5. The maximum absolute atomic E-state index is 11.2. The van der Waals surface area contributed by atoms with E-state index in [-0.39, 0.29) is 11.3 Å². The normalized spacial score (nSPS) is 10.2. The molecule has 6 heteroatoms. The lowest BCUT2D eigenvalue weighted by Gasteiger charge is -2.01. The number of hydrogen-bond acceptors (Lipinski definition) is 5. The number of esters is 1. The molecule has 2 aromatic rings. The van der Waals surface area contributed by atoms with Crippen molar-refractivity contribution in [2.24, 2.45) is 0 Å². The number of carbonyl (C=O) groups excluding carboxylic acids is 1. The minimum atomic E-state index is -0.960. The average Bonchev–Trinajstić information content (AvgIpc) is 2.93. The summed E-state index contributed by atoms with van der Waals surface area (Å²) in [6.45, 7) is 0. The summed E-state index contributed by atoms with van der Waals surface area (Å²) in [5.41, 5.74) is 0.240. The average molecular weight is 292 g/mol. The van der Waals surface area contributed by atoms with Crippen molar-refractivity contribution >= 4 is 23.7 Å². The van der Waals surface area contributed by atoms with E-state index >= 15 is 0 Å². The van der Waals surface area contributed by atoms with Crippen molar-refractivity contribution in [3.63, 3.8) is 0 Å². The molecule has 0 aliphatic heterocycles. The number of methoxy groups -OCH3 is 1. The Kier molecular flexibility index (Phi) is 4.47. The van der Waals surface area contributed by atoms with Crippen LogP contribution in [0.15, 0.2) is 45.7 Å². The molecule has 1 heterocycles. The van der Waals surface area contributed by atoms with Crippen LogP contribution < -0.4 is 0 Å². The molecule has 0 aliphatic rings. The van der Waals surface area contributed by atoms with Crippen molar-refractivity contribution in [3.8, 4) is 0 Å². The van der Waals surface area contributed by atoms with Gasteiger partial charge in [0.2, 0.25) is 5.76 Å². The van der Waals surface area contributed by atoms with Crippen molar-refractivity contribution in [2.45, 2.75) is 10.6 Å². The maximum Gasteiger partial charge on any atom is 0.373 e. The van der Waals surface area contributed by atoms with Crippen LogP contribution in [0, 0.1) is 0 Å². The first-order valence-corrected chi connectivity index (χ1v) is 6.72. The molecule has 1 N–H and O–H groups in total. The van der Waals surface area contributed by atoms with E-state index in [1.807, 2.05) is 6.07 Å².